The van der Waals surface area contributed by atoms with E-state index in [2.05, 4.69) is 5.32 Å². The number of ether oxygens (including phenoxy) is 3. The first-order valence-corrected chi connectivity index (χ1v) is 7.38. The van der Waals surface area contributed by atoms with E-state index < -0.39 is 11.4 Å². The number of benzene rings is 2. The fourth-order valence-corrected chi connectivity index (χ4v) is 2.33. The van der Waals surface area contributed by atoms with E-state index in [1.165, 1.54) is 14.2 Å². The van der Waals surface area contributed by atoms with E-state index in [0.29, 0.717) is 18.0 Å². The predicted octanol–water partition coefficient (Wildman–Crippen LogP) is 3.73. The van der Waals surface area contributed by atoms with Crippen LogP contribution in [0.5, 0.6) is 17.2 Å². The average Bonchev–Trinajstić information content (AvgIpc) is 2.63. The number of methoxy groups -OCH3 is 2. The van der Waals surface area contributed by atoms with Crippen molar-refractivity contribution in [1.82, 2.24) is 0 Å². The van der Waals surface area contributed by atoms with Gasteiger partial charge in [0, 0.05) is 5.69 Å². The average molecular weight is 341 g/mol. The van der Waals surface area contributed by atoms with Crippen LogP contribution >= 0.6 is 0 Å². The Morgan fingerprint density at radius 2 is 1.60 bits per heavy atom. The van der Waals surface area contributed by atoms with Crippen molar-refractivity contribution in [3.8, 4) is 29.4 Å². The lowest BCUT2D eigenvalue weighted by Gasteiger charge is -2.18. The normalized spacial score (nSPS) is 9.68. The van der Waals surface area contributed by atoms with E-state index in [1.54, 1.807) is 30.3 Å². The molecule has 0 bridgehead atoms. The second-order valence-corrected chi connectivity index (χ2v) is 4.81. The van der Waals surface area contributed by atoms with Crippen molar-refractivity contribution < 1.29 is 18.6 Å². The molecular formula is C18H16FN3O3. The second kappa shape index (κ2) is 7.89. The van der Waals surface area contributed by atoms with Crippen LogP contribution in [0.1, 0.15) is 18.1 Å². The first-order valence-electron chi connectivity index (χ1n) is 7.38. The van der Waals surface area contributed by atoms with Gasteiger partial charge in [0.05, 0.1) is 20.8 Å². The number of nitriles is 2. The van der Waals surface area contributed by atoms with Gasteiger partial charge in [0.2, 0.25) is 5.75 Å². The molecule has 7 heteroatoms. The van der Waals surface area contributed by atoms with Crippen LogP contribution in [0.3, 0.4) is 0 Å². The molecule has 128 valence electrons. The third-order valence-corrected chi connectivity index (χ3v) is 3.42. The molecule has 0 saturated carbocycles. The molecule has 0 aliphatic carbocycles. The van der Waals surface area contributed by atoms with Crippen molar-refractivity contribution in [1.29, 1.82) is 10.5 Å². The van der Waals surface area contributed by atoms with Crippen LogP contribution in [0, 0.1) is 28.5 Å². The molecule has 0 fully saturated rings. The summed E-state index contributed by atoms with van der Waals surface area (Å²) >= 11 is 0. The standard InChI is InChI=1S/C18H16FN3O3/c1-4-25-12-7-5-11(6-8-12)22-16-14(10-21)13(9-20)15(19)17(23-2)18(16)24-3/h5-8,22H,4H2,1-3H3. The van der Waals surface area contributed by atoms with Crippen molar-refractivity contribution in [2.24, 2.45) is 0 Å². The summed E-state index contributed by atoms with van der Waals surface area (Å²) in [4.78, 5) is 0. The number of anilines is 2. The highest BCUT2D eigenvalue weighted by atomic mass is 19.1. The quantitative estimate of drug-likeness (QED) is 0.861. The molecule has 0 atom stereocenters. The lowest BCUT2D eigenvalue weighted by atomic mass is 10.0. The molecule has 0 unspecified atom stereocenters. The molecule has 0 spiro atoms. The Morgan fingerprint density at radius 1 is 1.00 bits per heavy atom. The van der Waals surface area contributed by atoms with Crippen molar-refractivity contribution in [3.63, 3.8) is 0 Å². The van der Waals surface area contributed by atoms with Crippen LogP contribution in [0.15, 0.2) is 24.3 Å². The highest BCUT2D eigenvalue weighted by molar-refractivity contribution is 5.80. The maximum Gasteiger partial charge on any atom is 0.200 e. The van der Waals surface area contributed by atoms with Crippen LogP contribution in [0.2, 0.25) is 0 Å². The first-order chi connectivity index (χ1) is 12.1. The van der Waals surface area contributed by atoms with E-state index in [4.69, 9.17) is 14.2 Å². The summed E-state index contributed by atoms with van der Waals surface area (Å²) in [6, 6.07) is 10.5. The third kappa shape index (κ3) is 3.41. The summed E-state index contributed by atoms with van der Waals surface area (Å²) in [5.74, 6) is -0.485. The minimum atomic E-state index is -0.935. The number of halogens is 1. The van der Waals surface area contributed by atoms with E-state index in [-0.39, 0.29) is 22.7 Å². The van der Waals surface area contributed by atoms with Crippen molar-refractivity contribution >= 4 is 11.4 Å². The number of nitrogens with one attached hydrogen (secondary N) is 1. The topological polar surface area (TPSA) is 87.3 Å². The van der Waals surface area contributed by atoms with Gasteiger partial charge in [-0.3, -0.25) is 0 Å². The zero-order valence-corrected chi connectivity index (χ0v) is 14.0. The number of hydrogen-bond acceptors (Lipinski definition) is 6. The van der Waals surface area contributed by atoms with Crippen LogP contribution in [0.4, 0.5) is 15.8 Å². The van der Waals surface area contributed by atoms with Crippen LogP contribution in [-0.4, -0.2) is 20.8 Å². The van der Waals surface area contributed by atoms with Gasteiger partial charge < -0.3 is 19.5 Å². The Morgan fingerprint density at radius 3 is 2.08 bits per heavy atom. The number of hydrogen-bond donors (Lipinski definition) is 1. The van der Waals surface area contributed by atoms with Gasteiger partial charge in [0.15, 0.2) is 11.6 Å². The maximum atomic E-state index is 14.4. The fourth-order valence-electron chi connectivity index (χ4n) is 2.33. The lowest BCUT2D eigenvalue weighted by Crippen LogP contribution is -2.05. The van der Waals surface area contributed by atoms with E-state index in [1.807, 2.05) is 13.0 Å². The van der Waals surface area contributed by atoms with Crippen molar-refractivity contribution in [2.45, 2.75) is 6.92 Å². The summed E-state index contributed by atoms with van der Waals surface area (Å²) in [5.41, 5.74) is 0.194. The number of nitrogens with zero attached hydrogens (tertiary/aromatic N) is 2. The fraction of sp³-hybridized carbons (Fsp3) is 0.222. The minimum Gasteiger partial charge on any atom is -0.494 e. The van der Waals surface area contributed by atoms with Gasteiger partial charge in [-0.15, -0.1) is 0 Å². The Balaban J connectivity index is 2.59. The van der Waals surface area contributed by atoms with Gasteiger partial charge in [-0.1, -0.05) is 0 Å². The van der Waals surface area contributed by atoms with Crippen LogP contribution in [0.25, 0.3) is 0 Å². The van der Waals surface area contributed by atoms with E-state index in [0.717, 1.165) is 0 Å². The zero-order valence-electron chi connectivity index (χ0n) is 14.0. The summed E-state index contributed by atoms with van der Waals surface area (Å²) in [6.07, 6.45) is 0. The molecule has 0 heterocycles. The predicted molar refractivity (Wildman–Crippen MR) is 89.8 cm³/mol. The van der Waals surface area contributed by atoms with Gasteiger partial charge in [0.1, 0.15) is 34.7 Å². The lowest BCUT2D eigenvalue weighted by molar-refractivity contribution is 0.338. The van der Waals surface area contributed by atoms with E-state index >= 15 is 0 Å². The summed E-state index contributed by atoms with van der Waals surface area (Å²) in [7, 11) is 2.59. The maximum absolute atomic E-state index is 14.4. The Labute approximate surface area is 145 Å². The molecule has 0 aromatic heterocycles. The second-order valence-electron chi connectivity index (χ2n) is 4.81. The molecule has 2 rings (SSSR count). The largest absolute Gasteiger partial charge is 0.494 e. The smallest absolute Gasteiger partial charge is 0.200 e. The van der Waals surface area contributed by atoms with Crippen LogP contribution < -0.4 is 19.5 Å². The van der Waals surface area contributed by atoms with E-state index in [9.17, 15) is 14.9 Å². The van der Waals surface area contributed by atoms with Gasteiger partial charge in [-0.05, 0) is 31.2 Å². The molecule has 0 aliphatic heterocycles. The van der Waals surface area contributed by atoms with Crippen LogP contribution in [-0.2, 0) is 0 Å². The summed E-state index contributed by atoms with van der Waals surface area (Å²) in [6.45, 7) is 2.42. The minimum absolute atomic E-state index is 0.00411. The highest BCUT2D eigenvalue weighted by Gasteiger charge is 2.26. The SMILES string of the molecule is CCOc1ccc(Nc2c(C#N)c(C#N)c(F)c(OC)c2OC)cc1. The molecule has 1 N–H and O–H groups in total. The Kier molecular flexibility index (Phi) is 5.65. The molecule has 2 aromatic rings. The summed E-state index contributed by atoms with van der Waals surface area (Å²) < 4.78 is 30.0. The molecule has 0 aliphatic rings. The summed E-state index contributed by atoms with van der Waals surface area (Å²) in [5, 5.41) is 21.6. The molecule has 0 radical (unpaired) electrons. The van der Waals surface area contributed by atoms with Crippen molar-refractivity contribution in [2.75, 3.05) is 26.1 Å². The molecule has 6 nitrogen and oxygen atoms in total. The van der Waals surface area contributed by atoms with Gasteiger partial charge in [0.25, 0.3) is 0 Å². The third-order valence-electron chi connectivity index (χ3n) is 3.42. The zero-order chi connectivity index (χ0) is 18.4. The Hall–Kier alpha value is -3.45. The van der Waals surface area contributed by atoms with Crippen molar-refractivity contribution in [3.05, 3.63) is 41.2 Å². The first kappa shape index (κ1) is 17.9. The molecule has 0 amide bonds. The molecule has 2 aromatic carbocycles. The monoisotopic (exact) mass is 341 g/mol. The van der Waals surface area contributed by atoms with Gasteiger partial charge in [-0.25, -0.2) is 4.39 Å². The Bertz CT molecular complexity index is 852. The van der Waals surface area contributed by atoms with Gasteiger partial charge >= 0.3 is 0 Å². The molecule has 25 heavy (non-hydrogen) atoms. The number of rotatable bonds is 6. The molecular weight excluding hydrogens is 325 g/mol. The molecule has 0 saturated heterocycles. The van der Waals surface area contributed by atoms with Gasteiger partial charge in [-0.2, -0.15) is 10.5 Å². The highest BCUT2D eigenvalue weighted by Crippen LogP contribution is 2.43.